The van der Waals surface area contributed by atoms with Crippen molar-refractivity contribution >= 4 is 50.4 Å². The van der Waals surface area contributed by atoms with Gasteiger partial charge in [0, 0.05) is 16.3 Å². The van der Waals surface area contributed by atoms with Crippen molar-refractivity contribution in [2.24, 2.45) is 0 Å². The van der Waals surface area contributed by atoms with Gasteiger partial charge in [-0.3, -0.25) is 9.59 Å². The van der Waals surface area contributed by atoms with Crippen LogP contribution < -0.4 is 5.32 Å². The zero-order chi connectivity index (χ0) is 18.1. The molecule has 5 nitrogen and oxygen atoms in total. The van der Waals surface area contributed by atoms with E-state index in [1.165, 1.54) is 10.4 Å². The van der Waals surface area contributed by atoms with E-state index in [-0.39, 0.29) is 24.3 Å². The van der Waals surface area contributed by atoms with Crippen molar-refractivity contribution in [1.29, 1.82) is 0 Å². The highest BCUT2D eigenvalue weighted by molar-refractivity contribution is 9.10. The molecule has 4 heterocycles. The minimum atomic E-state index is -0.398. The summed E-state index contributed by atoms with van der Waals surface area (Å²) in [6, 6.07) is 9.29. The van der Waals surface area contributed by atoms with Gasteiger partial charge in [-0.2, -0.15) is 0 Å². The molecule has 26 heavy (non-hydrogen) atoms. The summed E-state index contributed by atoms with van der Waals surface area (Å²) in [7, 11) is 0. The first-order valence-electron chi connectivity index (χ1n) is 8.06. The molecule has 0 radical (unpaired) electrons. The quantitative estimate of drug-likeness (QED) is 0.651. The third-order valence-electron chi connectivity index (χ3n) is 4.30. The van der Waals surface area contributed by atoms with Gasteiger partial charge in [-0.05, 0) is 62.9 Å². The third-order valence-corrected chi connectivity index (χ3v) is 6.64. The summed E-state index contributed by atoms with van der Waals surface area (Å²) in [5.41, 5.74) is 1.19. The standard InChI is InChI=1S/C18H15BrN2O3S2/c19-15-4-3-12(24-15)18(23)20-10-16(22)21-7-5-13-11(6-9-26-13)17(21)14-2-1-8-25-14/h1-4,6,8-9,17H,5,7,10H2,(H,20,23)/t17-/m1/s1. The van der Waals surface area contributed by atoms with Gasteiger partial charge in [0.15, 0.2) is 10.4 Å². The minimum Gasteiger partial charge on any atom is -0.444 e. The van der Waals surface area contributed by atoms with Crippen molar-refractivity contribution in [3.05, 3.63) is 66.8 Å². The smallest absolute Gasteiger partial charge is 0.287 e. The average Bonchev–Trinajstić information content (AvgIpc) is 3.38. The van der Waals surface area contributed by atoms with Gasteiger partial charge < -0.3 is 14.6 Å². The lowest BCUT2D eigenvalue weighted by Crippen LogP contribution is -2.45. The summed E-state index contributed by atoms with van der Waals surface area (Å²) < 4.78 is 5.70. The van der Waals surface area contributed by atoms with E-state index in [0.717, 1.165) is 11.3 Å². The van der Waals surface area contributed by atoms with Crippen LogP contribution in [0.2, 0.25) is 0 Å². The van der Waals surface area contributed by atoms with E-state index in [9.17, 15) is 9.59 Å². The topological polar surface area (TPSA) is 62.6 Å². The summed E-state index contributed by atoms with van der Waals surface area (Å²) in [6.45, 7) is 0.593. The highest BCUT2D eigenvalue weighted by Crippen LogP contribution is 2.39. The second-order valence-corrected chi connectivity index (χ2v) is 8.60. The Labute approximate surface area is 166 Å². The van der Waals surface area contributed by atoms with Crippen LogP contribution in [0.25, 0.3) is 0 Å². The number of carbonyl (C=O) groups is 2. The Morgan fingerprint density at radius 3 is 2.85 bits per heavy atom. The molecular weight excluding hydrogens is 436 g/mol. The van der Waals surface area contributed by atoms with Crippen LogP contribution in [-0.4, -0.2) is 29.8 Å². The zero-order valence-corrected chi connectivity index (χ0v) is 16.8. The van der Waals surface area contributed by atoms with Crippen LogP contribution >= 0.6 is 38.6 Å². The molecule has 1 atom stereocenters. The Morgan fingerprint density at radius 2 is 2.12 bits per heavy atom. The number of rotatable bonds is 4. The fraction of sp³-hybridized carbons (Fsp3) is 0.222. The van der Waals surface area contributed by atoms with Crippen LogP contribution in [0.1, 0.15) is 31.9 Å². The Balaban J connectivity index is 1.50. The molecule has 1 aliphatic rings. The fourth-order valence-corrected chi connectivity index (χ4v) is 5.18. The Morgan fingerprint density at radius 1 is 1.23 bits per heavy atom. The molecule has 134 valence electrons. The fourth-order valence-electron chi connectivity index (χ4n) is 3.12. The zero-order valence-electron chi connectivity index (χ0n) is 13.6. The molecule has 0 saturated carbocycles. The number of furan rings is 1. The van der Waals surface area contributed by atoms with Crippen LogP contribution in [0.3, 0.4) is 0 Å². The SMILES string of the molecule is O=C(NCC(=O)N1CCc2sccc2[C@@H]1c1cccs1)c1ccc(Br)o1. The molecule has 0 aromatic carbocycles. The number of fused-ring (bicyclic) bond motifs is 1. The minimum absolute atomic E-state index is 0.0570. The largest absolute Gasteiger partial charge is 0.444 e. The van der Waals surface area contributed by atoms with Gasteiger partial charge in [0.1, 0.15) is 0 Å². The number of nitrogens with one attached hydrogen (secondary N) is 1. The van der Waals surface area contributed by atoms with E-state index in [0.29, 0.717) is 11.2 Å². The summed E-state index contributed by atoms with van der Waals surface area (Å²) in [5, 5.41) is 6.76. The highest BCUT2D eigenvalue weighted by Gasteiger charge is 2.33. The lowest BCUT2D eigenvalue weighted by Gasteiger charge is -2.35. The van der Waals surface area contributed by atoms with E-state index in [1.807, 2.05) is 16.3 Å². The van der Waals surface area contributed by atoms with Crippen molar-refractivity contribution < 1.29 is 14.0 Å². The van der Waals surface area contributed by atoms with E-state index < -0.39 is 5.91 Å². The lowest BCUT2D eigenvalue weighted by molar-refractivity contribution is -0.132. The van der Waals surface area contributed by atoms with Crippen LogP contribution in [0.4, 0.5) is 0 Å². The number of halogens is 1. The van der Waals surface area contributed by atoms with Crippen LogP contribution in [-0.2, 0) is 11.2 Å². The lowest BCUT2D eigenvalue weighted by atomic mass is 9.98. The maximum atomic E-state index is 12.9. The molecular formula is C18H15BrN2O3S2. The van der Waals surface area contributed by atoms with Gasteiger partial charge in [-0.25, -0.2) is 0 Å². The van der Waals surface area contributed by atoms with Crippen molar-refractivity contribution in [1.82, 2.24) is 10.2 Å². The van der Waals surface area contributed by atoms with Crippen LogP contribution in [0, 0.1) is 0 Å². The number of nitrogens with zero attached hydrogens (tertiary/aromatic N) is 1. The van der Waals surface area contributed by atoms with Crippen molar-refractivity contribution in [3.63, 3.8) is 0 Å². The van der Waals surface area contributed by atoms with E-state index in [1.54, 1.807) is 34.8 Å². The molecule has 2 amide bonds. The molecule has 3 aromatic rings. The van der Waals surface area contributed by atoms with Crippen molar-refractivity contribution in [3.8, 4) is 0 Å². The molecule has 4 rings (SSSR count). The Bertz CT molecular complexity index is 932. The normalized spacial score (nSPS) is 16.3. The maximum Gasteiger partial charge on any atom is 0.287 e. The molecule has 0 fully saturated rings. The van der Waals surface area contributed by atoms with E-state index in [4.69, 9.17) is 4.42 Å². The summed E-state index contributed by atoms with van der Waals surface area (Å²) in [6.07, 6.45) is 0.847. The Kier molecular flexibility index (Phi) is 4.97. The summed E-state index contributed by atoms with van der Waals surface area (Å²) in [5.74, 6) is -0.317. The summed E-state index contributed by atoms with van der Waals surface area (Å²) in [4.78, 5) is 29.3. The molecule has 0 unspecified atom stereocenters. The molecule has 0 saturated heterocycles. The number of carbonyl (C=O) groups excluding carboxylic acids is 2. The molecule has 1 aliphatic heterocycles. The monoisotopic (exact) mass is 450 g/mol. The maximum absolute atomic E-state index is 12.9. The van der Waals surface area contributed by atoms with Gasteiger partial charge >= 0.3 is 0 Å². The van der Waals surface area contributed by atoms with Gasteiger partial charge in [-0.15, -0.1) is 22.7 Å². The molecule has 1 N–H and O–H groups in total. The average molecular weight is 451 g/mol. The molecule has 0 aliphatic carbocycles. The number of hydrogen-bond acceptors (Lipinski definition) is 5. The van der Waals surface area contributed by atoms with Gasteiger partial charge in [0.2, 0.25) is 5.91 Å². The van der Waals surface area contributed by atoms with Gasteiger partial charge in [-0.1, -0.05) is 6.07 Å². The van der Waals surface area contributed by atoms with Crippen molar-refractivity contribution in [2.45, 2.75) is 12.5 Å². The predicted octanol–water partition coefficient (Wildman–Crippen LogP) is 4.07. The molecule has 3 aromatic heterocycles. The number of hydrogen-bond donors (Lipinski definition) is 1. The van der Waals surface area contributed by atoms with E-state index in [2.05, 4.69) is 38.8 Å². The molecule has 0 spiro atoms. The second kappa shape index (κ2) is 7.38. The second-order valence-electron chi connectivity index (χ2n) is 5.84. The Hall–Kier alpha value is -1.90. The third kappa shape index (κ3) is 3.36. The highest BCUT2D eigenvalue weighted by atomic mass is 79.9. The number of amides is 2. The van der Waals surface area contributed by atoms with Crippen LogP contribution in [0.15, 0.2) is 50.2 Å². The first-order valence-corrected chi connectivity index (χ1v) is 10.6. The van der Waals surface area contributed by atoms with Crippen molar-refractivity contribution in [2.75, 3.05) is 13.1 Å². The van der Waals surface area contributed by atoms with Gasteiger partial charge in [0.25, 0.3) is 5.91 Å². The van der Waals surface area contributed by atoms with Crippen LogP contribution in [0.5, 0.6) is 0 Å². The predicted molar refractivity (Wildman–Crippen MR) is 105 cm³/mol. The molecule has 0 bridgehead atoms. The first-order chi connectivity index (χ1) is 12.6. The van der Waals surface area contributed by atoms with E-state index >= 15 is 0 Å². The number of thiophene rings is 2. The first kappa shape index (κ1) is 17.5. The van der Waals surface area contributed by atoms with Gasteiger partial charge in [0.05, 0.1) is 12.6 Å². The summed E-state index contributed by atoms with van der Waals surface area (Å²) >= 11 is 6.55. The molecule has 8 heteroatoms.